The minimum Gasteiger partial charge on any atom is -0.478 e. The molecule has 0 radical (unpaired) electrons. The summed E-state index contributed by atoms with van der Waals surface area (Å²) in [4.78, 5) is 10.7. The molecule has 0 saturated carbocycles. The molecule has 1 aliphatic carbocycles. The van der Waals surface area contributed by atoms with Crippen LogP contribution in [0.2, 0.25) is 0 Å². The average molecular weight is 154 g/mol. The van der Waals surface area contributed by atoms with Crippen molar-refractivity contribution in [3.63, 3.8) is 0 Å². The van der Waals surface area contributed by atoms with Crippen LogP contribution in [0.25, 0.3) is 0 Å². The van der Waals surface area contributed by atoms with Gasteiger partial charge in [0.15, 0.2) is 0 Å². The molecule has 62 valence electrons. The first-order chi connectivity index (χ1) is 5.25. The topological polar surface area (TPSA) is 37.3 Å². The van der Waals surface area contributed by atoms with Crippen LogP contribution in [-0.2, 0) is 4.79 Å². The van der Waals surface area contributed by atoms with Gasteiger partial charge in [-0.25, -0.2) is 4.79 Å². The molecule has 0 atom stereocenters. The van der Waals surface area contributed by atoms with Crippen molar-refractivity contribution >= 4 is 5.97 Å². The standard InChI is InChI=1S/C9H14O2/c1-2-7-5-3-4-6-8(7)9(10)11/h2-6H2,1H3,(H,10,11). The lowest BCUT2D eigenvalue weighted by atomic mass is 9.90. The largest absolute Gasteiger partial charge is 0.478 e. The number of aliphatic carboxylic acids is 1. The van der Waals surface area contributed by atoms with Crippen LogP contribution in [0.15, 0.2) is 11.1 Å². The number of allylic oxidation sites excluding steroid dienone is 1. The van der Waals surface area contributed by atoms with Gasteiger partial charge in [-0.05, 0) is 32.1 Å². The van der Waals surface area contributed by atoms with Crippen molar-refractivity contribution in [2.45, 2.75) is 39.0 Å². The molecule has 0 saturated heterocycles. The van der Waals surface area contributed by atoms with E-state index >= 15 is 0 Å². The maximum Gasteiger partial charge on any atom is 0.331 e. The van der Waals surface area contributed by atoms with Crippen molar-refractivity contribution < 1.29 is 9.90 Å². The van der Waals surface area contributed by atoms with E-state index in [1.165, 1.54) is 6.42 Å². The van der Waals surface area contributed by atoms with E-state index in [4.69, 9.17) is 5.11 Å². The lowest BCUT2D eigenvalue weighted by molar-refractivity contribution is -0.133. The summed E-state index contributed by atoms with van der Waals surface area (Å²) in [6, 6.07) is 0. The highest BCUT2D eigenvalue weighted by atomic mass is 16.4. The molecule has 1 rings (SSSR count). The number of hydrogen-bond donors (Lipinski definition) is 1. The van der Waals surface area contributed by atoms with Gasteiger partial charge in [-0.15, -0.1) is 0 Å². The van der Waals surface area contributed by atoms with Gasteiger partial charge in [0.1, 0.15) is 0 Å². The molecule has 0 aromatic carbocycles. The molecule has 0 unspecified atom stereocenters. The average Bonchev–Trinajstić information content (AvgIpc) is 2.04. The molecule has 0 aromatic rings. The monoisotopic (exact) mass is 154 g/mol. The summed E-state index contributed by atoms with van der Waals surface area (Å²) >= 11 is 0. The van der Waals surface area contributed by atoms with Gasteiger partial charge in [-0.3, -0.25) is 0 Å². The van der Waals surface area contributed by atoms with E-state index in [1.807, 2.05) is 6.92 Å². The Morgan fingerprint density at radius 3 is 2.55 bits per heavy atom. The fourth-order valence-corrected chi connectivity index (χ4v) is 1.62. The summed E-state index contributed by atoms with van der Waals surface area (Å²) < 4.78 is 0. The van der Waals surface area contributed by atoms with Gasteiger partial charge in [0.25, 0.3) is 0 Å². The Hall–Kier alpha value is -0.790. The van der Waals surface area contributed by atoms with E-state index in [-0.39, 0.29) is 0 Å². The first-order valence-electron chi connectivity index (χ1n) is 4.20. The van der Waals surface area contributed by atoms with Crippen molar-refractivity contribution in [3.8, 4) is 0 Å². The number of rotatable bonds is 2. The normalized spacial score (nSPS) is 18.6. The Morgan fingerprint density at radius 2 is 2.09 bits per heavy atom. The third-order valence-corrected chi connectivity index (χ3v) is 2.27. The molecule has 0 bridgehead atoms. The second kappa shape index (κ2) is 3.56. The Morgan fingerprint density at radius 1 is 1.45 bits per heavy atom. The van der Waals surface area contributed by atoms with Gasteiger partial charge in [0, 0.05) is 5.57 Å². The molecule has 0 spiro atoms. The second-order valence-electron chi connectivity index (χ2n) is 2.95. The number of carboxylic acid groups (broad SMARTS) is 1. The van der Waals surface area contributed by atoms with E-state index in [1.54, 1.807) is 0 Å². The van der Waals surface area contributed by atoms with Crippen LogP contribution in [0.1, 0.15) is 39.0 Å². The molecule has 2 nitrogen and oxygen atoms in total. The molecule has 11 heavy (non-hydrogen) atoms. The van der Waals surface area contributed by atoms with Gasteiger partial charge < -0.3 is 5.11 Å². The lowest BCUT2D eigenvalue weighted by Crippen LogP contribution is -2.08. The summed E-state index contributed by atoms with van der Waals surface area (Å²) in [5, 5.41) is 8.78. The second-order valence-corrected chi connectivity index (χ2v) is 2.95. The molecule has 0 heterocycles. The summed E-state index contributed by atoms with van der Waals surface area (Å²) in [6.45, 7) is 2.03. The van der Waals surface area contributed by atoms with Crippen LogP contribution in [0, 0.1) is 0 Å². The smallest absolute Gasteiger partial charge is 0.331 e. The van der Waals surface area contributed by atoms with Crippen molar-refractivity contribution in [1.29, 1.82) is 0 Å². The Balaban J connectivity index is 2.81. The molecular formula is C9H14O2. The lowest BCUT2D eigenvalue weighted by Gasteiger charge is -2.15. The Kier molecular flexibility index (Phi) is 2.69. The fraction of sp³-hybridized carbons (Fsp3) is 0.667. The summed E-state index contributed by atoms with van der Waals surface area (Å²) in [6.07, 6.45) is 4.89. The minimum absolute atomic E-state index is 0.679. The molecule has 0 aliphatic heterocycles. The molecule has 2 heteroatoms. The van der Waals surface area contributed by atoms with E-state index in [2.05, 4.69) is 0 Å². The van der Waals surface area contributed by atoms with Crippen molar-refractivity contribution in [3.05, 3.63) is 11.1 Å². The first-order valence-corrected chi connectivity index (χ1v) is 4.20. The molecule has 0 fully saturated rings. The van der Waals surface area contributed by atoms with Gasteiger partial charge in [-0.1, -0.05) is 12.5 Å². The predicted octanol–water partition coefficient (Wildman–Crippen LogP) is 2.35. The Labute approximate surface area is 66.9 Å². The van der Waals surface area contributed by atoms with Gasteiger partial charge in [-0.2, -0.15) is 0 Å². The van der Waals surface area contributed by atoms with Gasteiger partial charge >= 0.3 is 5.97 Å². The Bertz CT molecular complexity index is 192. The predicted molar refractivity (Wildman–Crippen MR) is 43.4 cm³/mol. The summed E-state index contributed by atoms with van der Waals surface area (Å²) in [5.41, 5.74) is 1.84. The van der Waals surface area contributed by atoms with Gasteiger partial charge in [0.2, 0.25) is 0 Å². The third-order valence-electron chi connectivity index (χ3n) is 2.27. The van der Waals surface area contributed by atoms with Crippen LogP contribution in [-0.4, -0.2) is 11.1 Å². The van der Waals surface area contributed by atoms with Crippen LogP contribution in [0.5, 0.6) is 0 Å². The zero-order valence-electron chi connectivity index (χ0n) is 6.89. The highest BCUT2D eigenvalue weighted by Crippen LogP contribution is 2.26. The molecule has 1 N–H and O–H groups in total. The van der Waals surface area contributed by atoms with Crippen molar-refractivity contribution in [2.75, 3.05) is 0 Å². The number of carbonyl (C=O) groups is 1. The molecule has 1 aliphatic rings. The van der Waals surface area contributed by atoms with E-state index < -0.39 is 5.97 Å². The van der Waals surface area contributed by atoms with Crippen LogP contribution < -0.4 is 0 Å². The zero-order valence-corrected chi connectivity index (χ0v) is 6.89. The quantitative estimate of drug-likeness (QED) is 0.662. The maximum absolute atomic E-state index is 10.7. The van der Waals surface area contributed by atoms with Crippen LogP contribution >= 0.6 is 0 Å². The summed E-state index contributed by atoms with van der Waals surface area (Å²) in [5.74, 6) is -0.707. The third kappa shape index (κ3) is 1.82. The maximum atomic E-state index is 10.7. The highest BCUT2D eigenvalue weighted by Gasteiger charge is 2.16. The number of hydrogen-bond acceptors (Lipinski definition) is 1. The van der Waals surface area contributed by atoms with Crippen LogP contribution in [0.3, 0.4) is 0 Å². The summed E-state index contributed by atoms with van der Waals surface area (Å²) in [7, 11) is 0. The van der Waals surface area contributed by atoms with E-state index in [9.17, 15) is 4.79 Å². The van der Waals surface area contributed by atoms with Crippen LogP contribution in [0.4, 0.5) is 0 Å². The SMILES string of the molecule is CCC1=C(C(=O)O)CCCC1. The molecule has 0 aromatic heterocycles. The van der Waals surface area contributed by atoms with Crippen molar-refractivity contribution in [1.82, 2.24) is 0 Å². The van der Waals surface area contributed by atoms with E-state index in [0.717, 1.165) is 31.3 Å². The highest BCUT2D eigenvalue weighted by molar-refractivity contribution is 5.87. The van der Waals surface area contributed by atoms with Gasteiger partial charge in [0.05, 0.1) is 0 Å². The zero-order chi connectivity index (χ0) is 8.27. The fourth-order valence-electron chi connectivity index (χ4n) is 1.62. The molecule has 0 amide bonds. The van der Waals surface area contributed by atoms with E-state index in [0.29, 0.717) is 5.57 Å². The molecular weight excluding hydrogens is 140 g/mol. The minimum atomic E-state index is -0.707. The van der Waals surface area contributed by atoms with Crippen molar-refractivity contribution in [2.24, 2.45) is 0 Å². The first kappa shape index (κ1) is 8.31. The number of carboxylic acids is 1.